The lowest BCUT2D eigenvalue weighted by molar-refractivity contribution is 0.300. The van der Waals surface area contributed by atoms with E-state index < -0.39 is 9.84 Å². The van der Waals surface area contributed by atoms with Crippen LogP contribution in [-0.2, 0) is 16.4 Å². The molecule has 0 fully saturated rings. The highest BCUT2D eigenvalue weighted by Gasteiger charge is 2.06. The molecule has 0 amide bonds. The van der Waals surface area contributed by atoms with Crippen molar-refractivity contribution in [2.45, 2.75) is 11.5 Å². The summed E-state index contributed by atoms with van der Waals surface area (Å²) in [5.74, 6) is 0.910. The lowest BCUT2D eigenvalue weighted by Crippen LogP contribution is -2.01. The van der Waals surface area contributed by atoms with Crippen LogP contribution in [0.25, 0.3) is 0 Å². The predicted molar refractivity (Wildman–Crippen MR) is 70.3 cm³/mol. The SMILES string of the molecule is CS(=O)(=O)c1ccc(OCc2cnc(N)cn2)cc1. The Bertz CT molecular complexity index is 652. The molecule has 0 saturated carbocycles. The zero-order chi connectivity index (χ0) is 13.9. The van der Waals surface area contributed by atoms with Crippen molar-refractivity contribution in [3.63, 3.8) is 0 Å². The molecular weight excluding hydrogens is 266 g/mol. The van der Waals surface area contributed by atoms with Crippen molar-refractivity contribution in [2.75, 3.05) is 12.0 Å². The Morgan fingerprint density at radius 3 is 2.37 bits per heavy atom. The molecule has 19 heavy (non-hydrogen) atoms. The van der Waals surface area contributed by atoms with E-state index in [1.807, 2.05) is 0 Å². The lowest BCUT2D eigenvalue weighted by atomic mass is 10.3. The minimum Gasteiger partial charge on any atom is -0.487 e. The van der Waals surface area contributed by atoms with E-state index in [9.17, 15) is 8.42 Å². The van der Waals surface area contributed by atoms with E-state index in [-0.39, 0.29) is 11.5 Å². The monoisotopic (exact) mass is 279 g/mol. The van der Waals surface area contributed by atoms with E-state index in [1.165, 1.54) is 24.5 Å². The zero-order valence-corrected chi connectivity index (χ0v) is 11.1. The highest BCUT2D eigenvalue weighted by atomic mass is 32.2. The van der Waals surface area contributed by atoms with E-state index >= 15 is 0 Å². The van der Waals surface area contributed by atoms with Crippen LogP contribution in [0.2, 0.25) is 0 Å². The maximum atomic E-state index is 11.3. The van der Waals surface area contributed by atoms with Gasteiger partial charge in [0.25, 0.3) is 0 Å². The summed E-state index contributed by atoms with van der Waals surface area (Å²) in [4.78, 5) is 8.19. The third kappa shape index (κ3) is 3.65. The third-order valence-electron chi connectivity index (χ3n) is 2.36. The highest BCUT2D eigenvalue weighted by molar-refractivity contribution is 7.90. The van der Waals surface area contributed by atoms with Gasteiger partial charge in [-0.3, -0.25) is 4.98 Å². The zero-order valence-electron chi connectivity index (χ0n) is 10.3. The first kappa shape index (κ1) is 13.3. The number of benzene rings is 1. The highest BCUT2D eigenvalue weighted by Crippen LogP contribution is 2.16. The van der Waals surface area contributed by atoms with Crippen LogP contribution in [0.4, 0.5) is 5.82 Å². The third-order valence-corrected chi connectivity index (χ3v) is 3.49. The maximum Gasteiger partial charge on any atom is 0.175 e. The summed E-state index contributed by atoms with van der Waals surface area (Å²) in [7, 11) is -3.18. The van der Waals surface area contributed by atoms with Gasteiger partial charge in [-0.1, -0.05) is 0 Å². The summed E-state index contributed by atoms with van der Waals surface area (Å²) in [6.45, 7) is 0.242. The number of nitrogens with two attached hydrogens (primary N) is 1. The standard InChI is InChI=1S/C12H13N3O3S/c1-19(16,17)11-4-2-10(3-5-11)18-8-9-6-15-12(13)7-14-9/h2-7H,8H2,1H3,(H2,13,15). The quantitative estimate of drug-likeness (QED) is 0.898. The van der Waals surface area contributed by atoms with Crippen LogP contribution in [0, 0.1) is 0 Å². The molecule has 2 rings (SSSR count). The van der Waals surface area contributed by atoms with Crippen molar-refractivity contribution in [3.05, 3.63) is 42.4 Å². The Morgan fingerprint density at radius 1 is 1.16 bits per heavy atom. The second kappa shape index (κ2) is 5.23. The fourth-order valence-electron chi connectivity index (χ4n) is 1.38. The molecule has 0 radical (unpaired) electrons. The maximum absolute atomic E-state index is 11.3. The second-order valence-corrected chi connectivity index (χ2v) is 5.98. The first-order valence-corrected chi connectivity index (χ1v) is 7.33. The van der Waals surface area contributed by atoms with Gasteiger partial charge in [0, 0.05) is 6.26 Å². The summed E-state index contributed by atoms with van der Waals surface area (Å²) in [5, 5.41) is 0. The van der Waals surface area contributed by atoms with Crippen molar-refractivity contribution < 1.29 is 13.2 Å². The van der Waals surface area contributed by atoms with Crippen LogP contribution in [0.5, 0.6) is 5.75 Å². The molecule has 2 aromatic rings. The number of anilines is 1. The lowest BCUT2D eigenvalue weighted by Gasteiger charge is -2.06. The molecule has 1 aromatic heterocycles. The van der Waals surface area contributed by atoms with Crippen LogP contribution < -0.4 is 10.5 Å². The molecule has 0 bridgehead atoms. The van der Waals surface area contributed by atoms with Gasteiger partial charge in [-0.15, -0.1) is 0 Å². The summed E-state index contributed by atoms with van der Waals surface area (Å²) in [6.07, 6.45) is 4.14. The number of sulfone groups is 1. The summed E-state index contributed by atoms with van der Waals surface area (Å²) in [6, 6.07) is 6.20. The van der Waals surface area contributed by atoms with Gasteiger partial charge in [-0.2, -0.15) is 0 Å². The van der Waals surface area contributed by atoms with E-state index in [1.54, 1.807) is 12.1 Å². The van der Waals surface area contributed by atoms with E-state index in [2.05, 4.69) is 9.97 Å². The number of rotatable bonds is 4. The summed E-state index contributed by atoms with van der Waals surface area (Å²) < 4.78 is 28.0. The van der Waals surface area contributed by atoms with Crippen LogP contribution in [0.15, 0.2) is 41.6 Å². The Balaban J connectivity index is 2.02. The average Bonchev–Trinajstić information content (AvgIpc) is 2.37. The number of nitrogen functional groups attached to an aromatic ring is 1. The molecule has 1 heterocycles. The molecule has 0 aliphatic rings. The van der Waals surface area contributed by atoms with Crippen LogP contribution in [0.1, 0.15) is 5.69 Å². The second-order valence-electron chi connectivity index (χ2n) is 3.96. The largest absolute Gasteiger partial charge is 0.487 e. The molecule has 0 aliphatic heterocycles. The molecule has 100 valence electrons. The molecule has 7 heteroatoms. The Hall–Kier alpha value is -2.15. The average molecular weight is 279 g/mol. The minimum absolute atomic E-state index is 0.242. The molecule has 1 aromatic carbocycles. The molecular formula is C12H13N3O3S. The van der Waals surface area contributed by atoms with Crippen molar-refractivity contribution in [1.29, 1.82) is 0 Å². The Kier molecular flexibility index (Phi) is 3.66. The van der Waals surface area contributed by atoms with E-state index in [0.717, 1.165) is 6.26 Å². The molecule has 0 atom stereocenters. The van der Waals surface area contributed by atoms with E-state index in [4.69, 9.17) is 10.5 Å². The Labute approximate surface area is 111 Å². The van der Waals surface area contributed by atoms with Gasteiger partial charge >= 0.3 is 0 Å². The molecule has 0 unspecified atom stereocenters. The first-order valence-electron chi connectivity index (χ1n) is 5.44. The Morgan fingerprint density at radius 2 is 1.84 bits per heavy atom. The van der Waals surface area contributed by atoms with Crippen molar-refractivity contribution in [3.8, 4) is 5.75 Å². The smallest absolute Gasteiger partial charge is 0.175 e. The number of nitrogens with zero attached hydrogens (tertiary/aromatic N) is 2. The number of hydrogen-bond acceptors (Lipinski definition) is 6. The molecule has 0 spiro atoms. The van der Waals surface area contributed by atoms with Gasteiger partial charge in [-0.05, 0) is 24.3 Å². The van der Waals surface area contributed by atoms with E-state index in [0.29, 0.717) is 17.3 Å². The first-order chi connectivity index (χ1) is 8.95. The van der Waals surface area contributed by atoms with Crippen LogP contribution >= 0.6 is 0 Å². The van der Waals surface area contributed by atoms with Gasteiger partial charge in [0.1, 0.15) is 18.2 Å². The van der Waals surface area contributed by atoms with Gasteiger partial charge < -0.3 is 10.5 Å². The number of aromatic nitrogens is 2. The topological polar surface area (TPSA) is 95.2 Å². The molecule has 0 saturated heterocycles. The predicted octanol–water partition coefficient (Wildman–Crippen LogP) is 1.04. The molecule has 6 nitrogen and oxygen atoms in total. The minimum atomic E-state index is -3.18. The number of ether oxygens (including phenoxy) is 1. The summed E-state index contributed by atoms with van der Waals surface area (Å²) in [5.41, 5.74) is 6.06. The van der Waals surface area contributed by atoms with Gasteiger partial charge in [0.15, 0.2) is 9.84 Å². The fourth-order valence-corrected chi connectivity index (χ4v) is 2.01. The summed E-state index contributed by atoms with van der Waals surface area (Å²) >= 11 is 0. The van der Waals surface area contributed by atoms with Crippen molar-refractivity contribution in [1.82, 2.24) is 9.97 Å². The molecule has 0 aliphatic carbocycles. The van der Waals surface area contributed by atoms with Gasteiger partial charge in [0.05, 0.1) is 23.0 Å². The van der Waals surface area contributed by atoms with Crippen molar-refractivity contribution in [2.24, 2.45) is 0 Å². The fraction of sp³-hybridized carbons (Fsp3) is 0.167. The van der Waals surface area contributed by atoms with Crippen LogP contribution in [-0.4, -0.2) is 24.6 Å². The van der Waals surface area contributed by atoms with Crippen LogP contribution in [0.3, 0.4) is 0 Å². The number of hydrogen-bond donors (Lipinski definition) is 1. The molecule has 2 N–H and O–H groups in total. The van der Waals surface area contributed by atoms with Gasteiger partial charge in [-0.25, -0.2) is 13.4 Å². The van der Waals surface area contributed by atoms with Crippen molar-refractivity contribution >= 4 is 15.7 Å². The normalized spacial score (nSPS) is 11.2. The van der Waals surface area contributed by atoms with Gasteiger partial charge in [0.2, 0.25) is 0 Å².